The zero-order valence-corrected chi connectivity index (χ0v) is 8.76. The lowest BCUT2D eigenvalue weighted by Gasteiger charge is -2.07. The molecular weight excluding hydrogens is 219 g/mol. The molecular formula is C11H14F3NO. The van der Waals surface area contributed by atoms with Gasteiger partial charge in [0.1, 0.15) is 0 Å². The van der Waals surface area contributed by atoms with Crippen molar-refractivity contribution in [2.45, 2.75) is 19.3 Å². The molecule has 1 aromatic carbocycles. The molecule has 0 spiro atoms. The van der Waals surface area contributed by atoms with Gasteiger partial charge in [-0.25, -0.2) is 0 Å². The van der Waals surface area contributed by atoms with E-state index in [1.807, 2.05) is 30.3 Å². The Morgan fingerprint density at radius 1 is 1.12 bits per heavy atom. The number of hydrogen-bond donors (Lipinski definition) is 1. The van der Waals surface area contributed by atoms with Gasteiger partial charge < -0.3 is 5.32 Å². The second kappa shape index (κ2) is 6.50. The van der Waals surface area contributed by atoms with Crippen molar-refractivity contribution in [3.05, 3.63) is 35.9 Å². The summed E-state index contributed by atoms with van der Waals surface area (Å²) < 4.78 is 38.4. The third-order valence-electron chi connectivity index (χ3n) is 1.94. The van der Waals surface area contributed by atoms with Gasteiger partial charge in [0, 0.05) is 6.54 Å². The van der Waals surface area contributed by atoms with Crippen LogP contribution in [0.5, 0.6) is 0 Å². The molecule has 0 atom stereocenters. The van der Waals surface area contributed by atoms with Gasteiger partial charge in [-0.2, -0.15) is 0 Å². The number of hydrogen-bond acceptors (Lipinski definition) is 2. The summed E-state index contributed by atoms with van der Waals surface area (Å²) in [4.78, 5) is 0. The average molecular weight is 233 g/mol. The molecule has 0 unspecified atom stereocenters. The van der Waals surface area contributed by atoms with Gasteiger partial charge in [0.25, 0.3) is 0 Å². The van der Waals surface area contributed by atoms with E-state index in [0.29, 0.717) is 19.5 Å². The Morgan fingerprint density at radius 3 is 2.44 bits per heavy atom. The lowest BCUT2D eigenvalue weighted by Crippen LogP contribution is -2.19. The zero-order valence-electron chi connectivity index (χ0n) is 8.76. The summed E-state index contributed by atoms with van der Waals surface area (Å²) in [5.41, 5.74) is 1.11. The van der Waals surface area contributed by atoms with E-state index in [0.717, 1.165) is 5.56 Å². The summed E-state index contributed by atoms with van der Waals surface area (Å²) in [6.45, 7) is 0.864. The molecule has 0 radical (unpaired) electrons. The molecule has 0 aliphatic rings. The molecule has 0 saturated heterocycles. The maximum Gasteiger partial charge on any atom is 0.522 e. The number of rotatable bonds is 6. The average Bonchev–Trinajstić information content (AvgIpc) is 2.23. The van der Waals surface area contributed by atoms with Gasteiger partial charge in [-0.05, 0) is 18.5 Å². The lowest BCUT2D eigenvalue weighted by molar-refractivity contribution is -0.324. The summed E-state index contributed by atoms with van der Waals surface area (Å²) in [7, 11) is 0. The maximum atomic E-state index is 11.6. The minimum absolute atomic E-state index is 0.300. The van der Waals surface area contributed by atoms with Crippen molar-refractivity contribution in [2.24, 2.45) is 0 Å². The lowest BCUT2D eigenvalue weighted by atomic mass is 10.2. The van der Waals surface area contributed by atoms with E-state index in [4.69, 9.17) is 0 Å². The topological polar surface area (TPSA) is 21.3 Å². The first-order valence-corrected chi connectivity index (χ1v) is 5.03. The van der Waals surface area contributed by atoms with Crippen LogP contribution in [0, 0.1) is 0 Å². The first-order chi connectivity index (χ1) is 7.58. The van der Waals surface area contributed by atoms with E-state index in [1.54, 1.807) is 0 Å². The van der Waals surface area contributed by atoms with Crippen LogP contribution >= 0.6 is 0 Å². The predicted octanol–water partition coefficient (Wildman–Crippen LogP) is 2.70. The molecule has 0 aliphatic carbocycles. The van der Waals surface area contributed by atoms with Crippen LogP contribution in [0.3, 0.4) is 0 Å². The first kappa shape index (κ1) is 13.0. The first-order valence-electron chi connectivity index (χ1n) is 5.03. The number of halogens is 3. The molecule has 0 amide bonds. The van der Waals surface area contributed by atoms with Crippen molar-refractivity contribution < 1.29 is 17.9 Å². The summed E-state index contributed by atoms with van der Waals surface area (Å²) in [5, 5.41) is 3.04. The normalized spacial score (nSPS) is 11.7. The van der Waals surface area contributed by atoms with E-state index in [-0.39, 0.29) is 6.61 Å². The van der Waals surface area contributed by atoms with E-state index >= 15 is 0 Å². The molecule has 0 saturated carbocycles. The smallest absolute Gasteiger partial charge is 0.313 e. The Hall–Kier alpha value is -1.07. The minimum atomic E-state index is -4.51. The highest BCUT2D eigenvalue weighted by Crippen LogP contribution is 2.15. The van der Waals surface area contributed by atoms with Crippen molar-refractivity contribution in [2.75, 3.05) is 13.2 Å². The number of benzene rings is 1. The largest absolute Gasteiger partial charge is 0.522 e. The van der Waals surface area contributed by atoms with Crippen molar-refractivity contribution in [1.82, 2.24) is 5.32 Å². The SMILES string of the molecule is FC(F)(F)OCCCNCc1ccccc1. The van der Waals surface area contributed by atoms with Crippen molar-refractivity contribution in [3.8, 4) is 0 Å². The molecule has 90 valence electrons. The summed E-state index contributed by atoms with van der Waals surface area (Å²) in [5.74, 6) is 0. The van der Waals surface area contributed by atoms with Gasteiger partial charge in [0.2, 0.25) is 0 Å². The fourth-order valence-electron chi connectivity index (χ4n) is 1.21. The second-order valence-electron chi connectivity index (χ2n) is 3.31. The highest BCUT2D eigenvalue weighted by atomic mass is 19.4. The van der Waals surface area contributed by atoms with Gasteiger partial charge >= 0.3 is 6.36 Å². The quantitative estimate of drug-likeness (QED) is 0.763. The Morgan fingerprint density at radius 2 is 1.81 bits per heavy atom. The molecule has 2 nitrogen and oxygen atoms in total. The van der Waals surface area contributed by atoms with Crippen LogP contribution in [0.2, 0.25) is 0 Å². The van der Waals surface area contributed by atoms with Crippen molar-refractivity contribution >= 4 is 0 Å². The molecule has 1 rings (SSSR count). The Bertz CT molecular complexity index is 287. The molecule has 0 aliphatic heterocycles. The van der Waals surface area contributed by atoms with Crippen LogP contribution in [-0.2, 0) is 11.3 Å². The van der Waals surface area contributed by atoms with Crippen molar-refractivity contribution in [3.63, 3.8) is 0 Å². The fourth-order valence-corrected chi connectivity index (χ4v) is 1.21. The van der Waals surface area contributed by atoms with Gasteiger partial charge in [-0.15, -0.1) is 13.2 Å². The monoisotopic (exact) mass is 233 g/mol. The van der Waals surface area contributed by atoms with Crippen LogP contribution in [0.25, 0.3) is 0 Å². The predicted molar refractivity (Wildman–Crippen MR) is 54.8 cm³/mol. The number of alkyl halides is 3. The fraction of sp³-hybridized carbons (Fsp3) is 0.455. The Balaban J connectivity index is 2.01. The molecule has 0 heterocycles. The van der Waals surface area contributed by atoms with Crippen LogP contribution < -0.4 is 5.32 Å². The highest BCUT2D eigenvalue weighted by molar-refractivity contribution is 5.14. The molecule has 0 aromatic heterocycles. The van der Waals surface area contributed by atoms with Gasteiger partial charge in [0.05, 0.1) is 6.61 Å². The summed E-state index contributed by atoms with van der Waals surface area (Å²) >= 11 is 0. The minimum Gasteiger partial charge on any atom is -0.313 e. The molecule has 1 N–H and O–H groups in total. The molecule has 0 fully saturated rings. The highest BCUT2D eigenvalue weighted by Gasteiger charge is 2.28. The molecule has 5 heteroatoms. The second-order valence-corrected chi connectivity index (χ2v) is 3.31. The van der Waals surface area contributed by atoms with E-state index in [9.17, 15) is 13.2 Å². The Labute approximate surface area is 92.4 Å². The van der Waals surface area contributed by atoms with Gasteiger partial charge in [-0.3, -0.25) is 4.74 Å². The van der Waals surface area contributed by atoms with Gasteiger partial charge in [-0.1, -0.05) is 30.3 Å². The molecule has 0 bridgehead atoms. The van der Waals surface area contributed by atoms with Gasteiger partial charge in [0.15, 0.2) is 0 Å². The maximum absolute atomic E-state index is 11.6. The molecule has 16 heavy (non-hydrogen) atoms. The Kier molecular flexibility index (Phi) is 5.28. The van der Waals surface area contributed by atoms with E-state index < -0.39 is 6.36 Å². The third-order valence-corrected chi connectivity index (χ3v) is 1.94. The molecule has 1 aromatic rings. The van der Waals surface area contributed by atoms with E-state index in [2.05, 4.69) is 10.1 Å². The standard InChI is InChI=1S/C11H14F3NO/c12-11(13,14)16-8-4-7-15-9-10-5-2-1-3-6-10/h1-3,5-6,15H,4,7-9H2. The summed E-state index contributed by atoms with van der Waals surface area (Å²) in [6, 6.07) is 9.67. The van der Waals surface area contributed by atoms with Crippen LogP contribution in [0.4, 0.5) is 13.2 Å². The summed E-state index contributed by atoms with van der Waals surface area (Å²) in [6.07, 6.45) is -4.17. The number of ether oxygens (including phenoxy) is 1. The van der Waals surface area contributed by atoms with Crippen molar-refractivity contribution in [1.29, 1.82) is 0 Å². The zero-order chi connectivity index (χ0) is 11.9. The van der Waals surface area contributed by atoms with Crippen LogP contribution in [0.1, 0.15) is 12.0 Å². The van der Waals surface area contributed by atoms with Crippen LogP contribution in [-0.4, -0.2) is 19.5 Å². The third kappa shape index (κ3) is 6.42. The van der Waals surface area contributed by atoms with E-state index in [1.165, 1.54) is 0 Å². The van der Waals surface area contributed by atoms with Crippen LogP contribution in [0.15, 0.2) is 30.3 Å². The number of nitrogens with one attached hydrogen (secondary N) is 1.